The Morgan fingerprint density at radius 2 is 1.97 bits per heavy atom. The molecule has 1 aliphatic rings. The molecule has 3 aromatic heterocycles. The van der Waals surface area contributed by atoms with Crippen molar-refractivity contribution in [1.29, 1.82) is 0 Å². The summed E-state index contributed by atoms with van der Waals surface area (Å²) in [5.74, 6) is 0.522. The Bertz CT molecular complexity index is 1080. The van der Waals surface area contributed by atoms with Crippen molar-refractivity contribution in [2.45, 2.75) is 44.7 Å². The second-order valence-corrected chi connectivity index (χ2v) is 7.78. The van der Waals surface area contributed by atoms with Crippen LogP contribution in [0, 0.1) is 0 Å². The van der Waals surface area contributed by atoms with E-state index in [-0.39, 0.29) is 23.6 Å². The quantitative estimate of drug-likeness (QED) is 0.576. The Balaban J connectivity index is 1.47. The molecular formula is C20H22ClN7O2. The van der Waals surface area contributed by atoms with Gasteiger partial charge in [-0.3, -0.25) is 9.59 Å². The van der Waals surface area contributed by atoms with E-state index in [4.69, 9.17) is 11.6 Å². The van der Waals surface area contributed by atoms with Crippen LogP contribution >= 0.6 is 11.6 Å². The standard InChI is InChI=1S/C20H22ClN7O2/c1-12(29)25-14-2-4-15(5-3-14)26-20-23-10-17(21)19(27-20)13-8-24-28(11-13)16-6-7-18(30)22-9-16/h6-11,14-15H,2-5H2,1H3,(H,22,30)(H,25,29)(H,23,26,27). The third kappa shape index (κ3) is 4.68. The lowest BCUT2D eigenvalue weighted by Crippen LogP contribution is -2.39. The molecule has 0 atom stereocenters. The van der Waals surface area contributed by atoms with Crippen LogP contribution in [-0.2, 0) is 4.79 Å². The fourth-order valence-electron chi connectivity index (χ4n) is 3.62. The van der Waals surface area contributed by atoms with Gasteiger partial charge in [0.05, 0.1) is 28.8 Å². The van der Waals surface area contributed by atoms with Crippen LogP contribution in [0.2, 0.25) is 5.02 Å². The first-order valence-electron chi connectivity index (χ1n) is 9.78. The maximum atomic E-state index is 11.2. The Kier molecular flexibility index (Phi) is 5.80. The normalized spacial score (nSPS) is 18.7. The van der Waals surface area contributed by atoms with E-state index < -0.39 is 0 Å². The second-order valence-electron chi connectivity index (χ2n) is 7.37. The molecule has 9 nitrogen and oxygen atoms in total. The molecule has 0 unspecified atom stereocenters. The van der Waals surface area contributed by atoms with Crippen LogP contribution in [-0.4, -0.2) is 42.7 Å². The fourth-order valence-corrected chi connectivity index (χ4v) is 3.82. The highest BCUT2D eigenvalue weighted by molar-refractivity contribution is 6.32. The minimum atomic E-state index is -0.174. The number of H-pyrrole nitrogens is 1. The van der Waals surface area contributed by atoms with Crippen molar-refractivity contribution in [2.24, 2.45) is 0 Å². The molecule has 4 rings (SSSR count). The van der Waals surface area contributed by atoms with Crippen LogP contribution in [0.3, 0.4) is 0 Å². The monoisotopic (exact) mass is 427 g/mol. The maximum absolute atomic E-state index is 11.2. The summed E-state index contributed by atoms with van der Waals surface area (Å²) in [5, 5.41) is 11.1. The van der Waals surface area contributed by atoms with Crippen LogP contribution in [0.1, 0.15) is 32.6 Å². The molecule has 0 radical (unpaired) electrons. The number of anilines is 1. The van der Waals surface area contributed by atoms with Crippen molar-refractivity contribution in [2.75, 3.05) is 5.32 Å². The molecule has 1 amide bonds. The summed E-state index contributed by atoms with van der Waals surface area (Å²) in [5.41, 5.74) is 1.87. The molecule has 30 heavy (non-hydrogen) atoms. The molecule has 3 heterocycles. The molecule has 0 bridgehead atoms. The predicted octanol–water partition coefficient (Wildman–Crippen LogP) is 2.53. The Hall–Kier alpha value is -3.20. The van der Waals surface area contributed by atoms with Gasteiger partial charge in [0.25, 0.3) is 0 Å². The van der Waals surface area contributed by atoms with Gasteiger partial charge in [0.1, 0.15) is 0 Å². The van der Waals surface area contributed by atoms with Crippen LogP contribution < -0.4 is 16.2 Å². The zero-order chi connectivity index (χ0) is 21.1. The molecule has 0 saturated heterocycles. The van der Waals surface area contributed by atoms with Gasteiger partial charge in [-0.2, -0.15) is 5.10 Å². The molecule has 156 valence electrons. The first kappa shape index (κ1) is 20.1. The number of aromatic nitrogens is 5. The molecule has 3 aromatic rings. The number of rotatable bonds is 5. The minimum absolute atomic E-state index is 0.0134. The van der Waals surface area contributed by atoms with Gasteiger partial charge in [0.2, 0.25) is 17.4 Å². The van der Waals surface area contributed by atoms with Gasteiger partial charge >= 0.3 is 0 Å². The smallest absolute Gasteiger partial charge is 0.248 e. The number of carbonyl (C=O) groups is 1. The van der Waals surface area contributed by atoms with E-state index in [2.05, 4.69) is 30.7 Å². The average Bonchev–Trinajstić information content (AvgIpc) is 3.21. The van der Waals surface area contributed by atoms with E-state index in [1.807, 2.05) is 0 Å². The maximum Gasteiger partial charge on any atom is 0.248 e. The molecule has 0 aliphatic heterocycles. The summed E-state index contributed by atoms with van der Waals surface area (Å²) in [6.45, 7) is 1.55. The molecule has 3 N–H and O–H groups in total. The van der Waals surface area contributed by atoms with Crippen molar-refractivity contribution in [3.05, 3.63) is 52.3 Å². The summed E-state index contributed by atoms with van der Waals surface area (Å²) in [7, 11) is 0. The lowest BCUT2D eigenvalue weighted by Gasteiger charge is -2.29. The average molecular weight is 428 g/mol. The largest absolute Gasteiger partial charge is 0.354 e. The van der Waals surface area contributed by atoms with Gasteiger partial charge in [-0.1, -0.05) is 11.6 Å². The molecular weight excluding hydrogens is 406 g/mol. The highest BCUT2D eigenvalue weighted by atomic mass is 35.5. The SMILES string of the molecule is CC(=O)NC1CCC(Nc2ncc(Cl)c(-c3cnn(-c4ccc(=O)[nH]c4)c3)n2)CC1. The van der Waals surface area contributed by atoms with Crippen LogP contribution in [0.5, 0.6) is 0 Å². The minimum Gasteiger partial charge on any atom is -0.354 e. The van der Waals surface area contributed by atoms with E-state index >= 15 is 0 Å². The highest BCUT2D eigenvalue weighted by Gasteiger charge is 2.22. The van der Waals surface area contributed by atoms with Crippen molar-refractivity contribution in [3.63, 3.8) is 0 Å². The lowest BCUT2D eigenvalue weighted by molar-refractivity contribution is -0.119. The van der Waals surface area contributed by atoms with Gasteiger partial charge < -0.3 is 15.6 Å². The Morgan fingerprint density at radius 3 is 2.67 bits per heavy atom. The molecule has 1 aliphatic carbocycles. The van der Waals surface area contributed by atoms with Crippen molar-refractivity contribution < 1.29 is 4.79 Å². The number of pyridine rings is 1. The molecule has 1 fully saturated rings. The zero-order valence-electron chi connectivity index (χ0n) is 16.4. The van der Waals surface area contributed by atoms with Gasteiger partial charge in [-0.25, -0.2) is 14.6 Å². The number of amides is 1. The number of hydrogen-bond donors (Lipinski definition) is 3. The molecule has 10 heteroatoms. The van der Waals surface area contributed by atoms with Crippen LogP contribution in [0.25, 0.3) is 16.9 Å². The number of carbonyl (C=O) groups excluding carboxylic acids is 1. The summed E-state index contributed by atoms with van der Waals surface area (Å²) in [6, 6.07) is 3.60. The van der Waals surface area contributed by atoms with Gasteiger partial charge in [0, 0.05) is 43.0 Å². The van der Waals surface area contributed by atoms with E-state index in [0.717, 1.165) is 36.9 Å². The Labute approximate surface area is 177 Å². The number of aromatic amines is 1. The summed E-state index contributed by atoms with van der Waals surface area (Å²) >= 11 is 6.34. The van der Waals surface area contributed by atoms with Crippen molar-refractivity contribution >= 4 is 23.5 Å². The topological polar surface area (TPSA) is 118 Å². The predicted molar refractivity (Wildman–Crippen MR) is 114 cm³/mol. The fraction of sp³-hybridized carbons (Fsp3) is 0.350. The molecule has 0 aromatic carbocycles. The summed E-state index contributed by atoms with van der Waals surface area (Å²) in [6.07, 6.45) is 10.3. The van der Waals surface area contributed by atoms with Gasteiger partial charge in [-0.15, -0.1) is 0 Å². The number of halogens is 1. The molecule has 1 saturated carbocycles. The van der Waals surface area contributed by atoms with E-state index in [1.54, 1.807) is 42.5 Å². The van der Waals surface area contributed by atoms with Crippen molar-refractivity contribution in [1.82, 2.24) is 30.0 Å². The number of nitrogens with zero attached hydrogens (tertiary/aromatic N) is 4. The first-order valence-corrected chi connectivity index (χ1v) is 10.2. The third-order valence-corrected chi connectivity index (χ3v) is 5.38. The van der Waals surface area contributed by atoms with Crippen LogP contribution in [0.4, 0.5) is 5.95 Å². The van der Waals surface area contributed by atoms with E-state index in [9.17, 15) is 9.59 Å². The van der Waals surface area contributed by atoms with E-state index in [0.29, 0.717) is 16.7 Å². The molecule has 0 spiro atoms. The highest BCUT2D eigenvalue weighted by Crippen LogP contribution is 2.28. The Morgan fingerprint density at radius 1 is 1.20 bits per heavy atom. The summed E-state index contributed by atoms with van der Waals surface area (Å²) in [4.78, 5) is 34.0. The summed E-state index contributed by atoms with van der Waals surface area (Å²) < 4.78 is 1.64. The number of hydrogen-bond acceptors (Lipinski definition) is 6. The van der Waals surface area contributed by atoms with E-state index in [1.165, 1.54) is 6.07 Å². The lowest BCUT2D eigenvalue weighted by atomic mass is 9.91. The third-order valence-electron chi connectivity index (χ3n) is 5.10. The number of nitrogens with one attached hydrogen (secondary N) is 3. The van der Waals surface area contributed by atoms with Gasteiger partial charge in [0.15, 0.2) is 0 Å². The van der Waals surface area contributed by atoms with Crippen molar-refractivity contribution in [3.8, 4) is 16.9 Å². The van der Waals surface area contributed by atoms with Crippen LogP contribution in [0.15, 0.2) is 41.7 Å². The van der Waals surface area contributed by atoms with Gasteiger partial charge in [-0.05, 0) is 31.7 Å². The second kappa shape index (κ2) is 8.66. The first-order chi connectivity index (χ1) is 14.5. The zero-order valence-corrected chi connectivity index (χ0v) is 17.2.